The second-order valence-electron chi connectivity index (χ2n) is 10.0. The predicted octanol–water partition coefficient (Wildman–Crippen LogP) is 4.76. The molecule has 0 unspecified atom stereocenters. The lowest BCUT2D eigenvalue weighted by Crippen LogP contribution is -2.35. The third-order valence-electron chi connectivity index (χ3n) is 7.43. The van der Waals surface area contributed by atoms with Crippen LogP contribution in [0.25, 0.3) is 22.4 Å². The third kappa shape index (κ3) is 4.66. The van der Waals surface area contributed by atoms with Gasteiger partial charge in [0.1, 0.15) is 12.4 Å². The predicted molar refractivity (Wildman–Crippen MR) is 139 cm³/mol. The van der Waals surface area contributed by atoms with Crippen LogP contribution in [0.2, 0.25) is 0 Å². The SMILES string of the molecule is CC(C)N1CC=C(c2cccc(-c3ccc4c(c3)OCc3nc(CN5CCOCC5)cn3-4)c2)CC1. The van der Waals surface area contributed by atoms with E-state index in [0.29, 0.717) is 12.6 Å². The third-order valence-corrected chi connectivity index (χ3v) is 7.43. The lowest BCUT2D eigenvalue weighted by molar-refractivity contribution is 0.0337. The van der Waals surface area contributed by atoms with Gasteiger partial charge in [-0.1, -0.05) is 30.3 Å². The molecule has 6 nitrogen and oxygen atoms in total. The molecule has 0 aliphatic carbocycles. The summed E-state index contributed by atoms with van der Waals surface area (Å²) in [5.41, 5.74) is 7.35. The minimum atomic E-state index is 0.499. The summed E-state index contributed by atoms with van der Waals surface area (Å²) in [5.74, 6) is 1.88. The number of fused-ring (bicyclic) bond motifs is 3. The Labute approximate surface area is 207 Å². The van der Waals surface area contributed by atoms with Crippen LogP contribution in [-0.2, 0) is 17.9 Å². The van der Waals surface area contributed by atoms with E-state index in [1.807, 2.05) is 0 Å². The molecule has 3 aliphatic rings. The number of rotatable bonds is 5. The van der Waals surface area contributed by atoms with Crippen molar-refractivity contribution in [3.63, 3.8) is 0 Å². The van der Waals surface area contributed by atoms with Crippen molar-refractivity contribution < 1.29 is 9.47 Å². The monoisotopic (exact) mass is 470 g/mol. The topological polar surface area (TPSA) is 42.8 Å². The van der Waals surface area contributed by atoms with E-state index in [9.17, 15) is 0 Å². The van der Waals surface area contributed by atoms with Crippen LogP contribution in [0.5, 0.6) is 5.75 Å². The molecule has 0 bridgehead atoms. The standard InChI is InChI=1S/C29H34N4O2/c1-21(2)32-10-8-22(9-11-32)23-4-3-5-24(16-23)25-6-7-27-28(17-25)35-20-29-30-26(19-33(27)29)18-31-12-14-34-15-13-31/h3-8,16-17,19,21H,9-15,18,20H2,1-2H3. The number of imidazole rings is 1. The van der Waals surface area contributed by atoms with Crippen LogP contribution < -0.4 is 4.74 Å². The van der Waals surface area contributed by atoms with Gasteiger partial charge in [-0.15, -0.1) is 0 Å². The Kier molecular flexibility index (Phi) is 6.19. The molecule has 0 amide bonds. The van der Waals surface area contributed by atoms with Crippen LogP contribution in [0.4, 0.5) is 0 Å². The van der Waals surface area contributed by atoms with Gasteiger partial charge in [0, 0.05) is 45.0 Å². The molecule has 182 valence electrons. The van der Waals surface area contributed by atoms with Gasteiger partial charge in [0.2, 0.25) is 0 Å². The first-order valence-corrected chi connectivity index (χ1v) is 12.8. The molecule has 3 aliphatic heterocycles. The highest BCUT2D eigenvalue weighted by Gasteiger charge is 2.22. The minimum absolute atomic E-state index is 0.499. The van der Waals surface area contributed by atoms with E-state index >= 15 is 0 Å². The number of benzene rings is 2. The lowest BCUT2D eigenvalue weighted by atomic mass is 9.95. The first kappa shape index (κ1) is 22.5. The Morgan fingerprint density at radius 1 is 0.971 bits per heavy atom. The highest BCUT2D eigenvalue weighted by molar-refractivity contribution is 5.75. The average molecular weight is 471 g/mol. The van der Waals surface area contributed by atoms with Crippen LogP contribution in [0, 0.1) is 0 Å². The maximum Gasteiger partial charge on any atom is 0.151 e. The number of nitrogens with zero attached hydrogens (tertiary/aromatic N) is 4. The molecule has 0 atom stereocenters. The summed E-state index contributed by atoms with van der Waals surface area (Å²) in [6, 6.07) is 16.1. The van der Waals surface area contributed by atoms with Crippen molar-refractivity contribution >= 4 is 5.57 Å². The Balaban J connectivity index is 1.23. The zero-order valence-electron chi connectivity index (χ0n) is 20.7. The molecule has 4 heterocycles. The number of ether oxygens (including phenoxy) is 2. The molecule has 6 rings (SSSR count). The van der Waals surface area contributed by atoms with Crippen molar-refractivity contribution in [2.24, 2.45) is 0 Å². The Hall–Kier alpha value is -2.93. The smallest absolute Gasteiger partial charge is 0.151 e. The molecule has 1 saturated heterocycles. The Bertz CT molecular complexity index is 1240. The van der Waals surface area contributed by atoms with Crippen molar-refractivity contribution in [3.8, 4) is 22.6 Å². The summed E-state index contributed by atoms with van der Waals surface area (Å²) in [5, 5.41) is 0. The van der Waals surface area contributed by atoms with Gasteiger partial charge in [0.25, 0.3) is 0 Å². The van der Waals surface area contributed by atoms with Crippen LogP contribution in [0.15, 0.2) is 54.7 Å². The molecule has 0 N–H and O–H groups in total. The van der Waals surface area contributed by atoms with Crippen molar-refractivity contribution in [3.05, 3.63) is 71.8 Å². The number of morpholine rings is 1. The number of aromatic nitrogens is 2. The fourth-order valence-electron chi connectivity index (χ4n) is 5.31. The van der Waals surface area contributed by atoms with Gasteiger partial charge in [-0.3, -0.25) is 14.4 Å². The van der Waals surface area contributed by atoms with Crippen molar-refractivity contribution in [1.82, 2.24) is 19.4 Å². The average Bonchev–Trinajstić information content (AvgIpc) is 3.32. The molecule has 1 fully saturated rings. The molecule has 0 radical (unpaired) electrons. The Morgan fingerprint density at radius 2 is 1.80 bits per heavy atom. The summed E-state index contributed by atoms with van der Waals surface area (Å²) < 4.78 is 13.8. The second-order valence-corrected chi connectivity index (χ2v) is 10.0. The molecular formula is C29H34N4O2. The first-order chi connectivity index (χ1) is 17.1. The molecule has 0 spiro atoms. The van der Waals surface area contributed by atoms with Gasteiger partial charge in [0.05, 0.1) is 24.6 Å². The molecule has 3 aromatic rings. The first-order valence-electron chi connectivity index (χ1n) is 12.8. The zero-order valence-corrected chi connectivity index (χ0v) is 20.7. The largest absolute Gasteiger partial charge is 0.483 e. The van der Waals surface area contributed by atoms with Gasteiger partial charge < -0.3 is 9.47 Å². The summed E-state index contributed by atoms with van der Waals surface area (Å²) in [6.07, 6.45) is 5.67. The second kappa shape index (κ2) is 9.61. The van der Waals surface area contributed by atoms with Crippen molar-refractivity contribution in [2.45, 2.75) is 39.5 Å². The summed E-state index contributed by atoms with van der Waals surface area (Å²) in [6.45, 7) is 11.6. The Morgan fingerprint density at radius 3 is 2.60 bits per heavy atom. The molecule has 0 saturated carbocycles. The van der Waals surface area contributed by atoms with Crippen LogP contribution in [0.1, 0.15) is 37.4 Å². The van der Waals surface area contributed by atoms with Gasteiger partial charge in [-0.25, -0.2) is 4.98 Å². The zero-order chi connectivity index (χ0) is 23.8. The van der Waals surface area contributed by atoms with Gasteiger partial charge >= 0.3 is 0 Å². The number of hydrogen-bond donors (Lipinski definition) is 0. The minimum Gasteiger partial charge on any atom is -0.483 e. The molecule has 2 aromatic carbocycles. The summed E-state index contributed by atoms with van der Waals surface area (Å²) >= 11 is 0. The maximum atomic E-state index is 6.16. The van der Waals surface area contributed by atoms with E-state index in [-0.39, 0.29) is 0 Å². The van der Waals surface area contributed by atoms with E-state index < -0.39 is 0 Å². The van der Waals surface area contributed by atoms with Crippen molar-refractivity contribution in [1.29, 1.82) is 0 Å². The van der Waals surface area contributed by atoms with E-state index in [1.54, 1.807) is 0 Å². The van der Waals surface area contributed by atoms with Gasteiger partial charge in [-0.2, -0.15) is 0 Å². The lowest BCUT2D eigenvalue weighted by Gasteiger charge is -2.29. The van der Waals surface area contributed by atoms with Gasteiger partial charge in [-0.05, 0) is 60.7 Å². The quantitative estimate of drug-likeness (QED) is 0.538. The molecular weight excluding hydrogens is 436 g/mol. The summed E-state index contributed by atoms with van der Waals surface area (Å²) in [4.78, 5) is 9.77. The fraction of sp³-hybridized carbons (Fsp3) is 0.414. The van der Waals surface area contributed by atoms with E-state index in [2.05, 4.69) is 83.0 Å². The van der Waals surface area contributed by atoms with E-state index in [0.717, 1.165) is 75.3 Å². The van der Waals surface area contributed by atoms with Crippen LogP contribution >= 0.6 is 0 Å². The molecule has 6 heteroatoms. The van der Waals surface area contributed by atoms with Crippen LogP contribution in [-0.4, -0.2) is 64.8 Å². The molecule has 1 aromatic heterocycles. The molecule has 35 heavy (non-hydrogen) atoms. The van der Waals surface area contributed by atoms with Crippen LogP contribution in [0.3, 0.4) is 0 Å². The number of hydrogen-bond acceptors (Lipinski definition) is 5. The fourth-order valence-corrected chi connectivity index (χ4v) is 5.31. The highest BCUT2D eigenvalue weighted by Crippen LogP contribution is 2.35. The maximum absolute atomic E-state index is 6.16. The van der Waals surface area contributed by atoms with Gasteiger partial charge in [0.15, 0.2) is 5.82 Å². The van der Waals surface area contributed by atoms with E-state index in [1.165, 1.54) is 22.3 Å². The normalized spacial score (nSPS) is 18.7. The summed E-state index contributed by atoms with van der Waals surface area (Å²) in [7, 11) is 0. The highest BCUT2D eigenvalue weighted by atomic mass is 16.5. The van der Waals surface area contributed by atoms with Crippen molar-refractivity contribution in [2.75, 3.05) is 39.4 Å². The van der Waals surface area contributed by atoms with E-state index in [4.69, 9.17) is 14.5 Å².